The summed E-state index contributed by atoms with van der Waals surface area (Å²) in [6.07, 6.45) is 0. The second-order valence-electron chi connectivity index (χ2n) is 4.95. The number of aryl methyl sites for hydroxylation is 2. The van der Waals surface area contributed by atoms with E-state index in [2.05, 4.69) is 0 Å². The van der Waals surface area contributed by atoms with E-state index in [-0.39, 0.29) is 21.0 Å². The van der Waals surface area contributed by atoms with Crippen molar-refractivity contribution < 1.29 is 21.4 Å². The van der Waals surface area contributed by atoms with Crippen molar-refractivity contribution in [2.45, 2.75) is 28.5 Å². The maximum atomic E-state index is 12.6. The van der Waals surface area contributed by atoms with Crippen LogP contribution in [0.1, 0.15) is 11.1 Å². The zero-order chi connectivity index (χ0) is 16.7. The highest BCUT2D eigenvalue weighted by Crippen LogP contribution is 2.29. The topological polar surface area (TPSA) is 115 Å². The first kappa shape index (κ1) is 16.5. The van der Waals surface area contributed by atoms with Gasteiger partial charge in [0.05, 0.1) is 20.4 Å². The molecule has 2 aromatic carbocycles. The van der Waals surface area contributed by atoms with Crippen molar-refractivity contribution in [3.05, 3.63) is 47.5 Å². The molecule has 0 radical (unpaired) electrons. The number of benzene rings is 2. The van der Waals surface area contributed by atoms with Crippen LogP contribution in [0.4, 0.5) is 5.69 Å². The van der Waals surface area contributed by atoms with Gasteiger partial charge >= 0.3 is 0 Å². The fraction of sp³-hybridized carbons (Fsp3) is 0.143. The van der Waals surface area contributed by atoms with Gasteiger partial charge in [0.1, 0.15) is 0 Å². The minimum absolute atomic E-state index is 0.0778. The van der Waals surface area contributed by atoms with Gasteiger partial charge < -0.3 is 5.73 Å². The lowest BCUT2D eigenvalue weighted by Gasteiger charge is -2.10. The quantitative estimate of drug-likeness (QED) is 0.651. The van der Waals surface area contributed by atoms with E-state index in [1.165, 1.54) is 31.2 Å². The van der Waals surface area contributed by atoms with Crippen LogP contribution in [0.25, 0.3) is 0 Å². The first-order valence-electron chi connectivity index (χ1n) is 6.23. The second kappa shape index (κ2) is 5.38. The Hall–Kier alpha value is -1.90. The van der Waals surface area contributed by atoms with Crippen molar-refractivity contribution in [1.82, 2.24) is 0 Å². The van der Waals surface area contributed by atoms with Crippen LogP contribution in [0.5, 0.6) is 0 Å². The van der Waals surface area contributed by atoms with E-state index in [0.717, 1.165) is 11.6 Å². The van der Waals surface area contributed by atoms with E-state index in [9.17, 15) is 21.4 Å². The fourth-order valence-electron chi connectivity index (χ4n) is 2.07. The third-order valence-corrected chi connectivity index (χ3v) is 6.02. The van der Waals surface area contributed by atoms with Crippen LogP contribution >= 0.6 is 0 Å². The molecule has 0 fully saturated rings. The smallest absolute Gasteiger partial charge is 0.294 e. The zero-order valence-corrected chi connectivity index (χ0v) is 13.6. The SMILES string of the molecule is Cc1ccc(S(=O)(=O)c2ccc(C)c(S(=O)(=O)O)c2)c(N)c1. The van der Waals surface area contributed by atoms with Crippen LogP contribution in [-0.4, -0.2) is 21.4 Å². The number of sulfone groups is 1. The Kier molecular flexibility index (Phi) is 4.03. The summed E-state index contributed by atoms with van der Waals surface area (Å²) in [6, 6.07) is 8.01. The summed E-state index contributed by atoms with van der Waals surface area (Å²) >= 11 is 0. The van der Waals surface area contributed by atoms with E-state index < -0.39 is 24.9 Å². The molecule has 0 aromatic heterocycles. The number of hydrogen-bond acceptors (Lipinski definition) is 5. The molecule has 0 heterocycles. The van der Waals surface area contributed by atoms with Gasteiger partial charge in [-0.05, 0) is 49.2 Å². The van der Waals surface area contributed by atoms with Crippen LogP contribution in [0.15, 0.2) is 51.1 Å². The van der Waals surface area contributed by atoms with Gasteiger partial charge in [0.2, 0.25) is 9.84 Å². The maximum absolute atomic E-state index is 12.6. The fourth-order valence-corrected chi connectivity index (χ4v) is 4.28. The predicted molar refractivity (Wildman–Crippen MR) is 82.0 cm³/mol. The summed E-state index contributed by atoms with van der Waals surface area (Å²) in [5, 5.41) is 0. The molecule has 6 nitrogen and oxygen atoms in total. The molecule has 0 spiro atoms. The minimum atomic E-state index is -4.51. The number of anilines is 1. The molecule has 0 atom stereocenters. The van der Waals surface area contributed by atoms with Gasteiger partial charge in [0.25, 0.3) is 10.1 Å². The summed E-state index contributed by atoms with van der Waals surface area (Å²) in [5.41, 5.74) is 6.88. The van der Waals surface area contributed by atoms with E-state index in [4.69, 9.17) is 5.73 Å². The molecule has 2 rings (SSSR count). The van der Waals surface area contributed by atoms with Gasteiger partial charge in [0.15, 0.2) is 0 Å². The van der Waals surface area contributed by atoms with Crippen molar-refractivity contribution >= 4 is 25.6 Å². The summed E-state index contributed by atoms with van der Waals surface area (Å²) in [5.74, 6) is 0. The molecule has 3 N–H and O–H groups in total. The molecule has 8 heteroatoms. The molecule has 2 aromatic rings. The average Bonchev–Trinajstić information content (AvgIpc) is 2.36. The second-order valence-corrected chi connectivity index (χ2v) is 8.26. The van der Waals surface area contributed by atoms with Gasteiger partial charge in [-0.3, -0.25) is 4.55 Å². The Labute approximate surface area is 129 Å². The number of rotatable bonds is 3. The van der Waals surface area contributed by atoms with Crippen LogP contribution in [0.2, 0.25) is 0 Å². The molecule has 22 heavy (non-hydrogen) atoms. The zero-order valence-electron chi connectivity index (χ0n) is 11.9. The first-order chi connectivity index (χ1) is 10.0. The highest BCUT2D eigenvalue weighted by atomic mass is 32.2. The predicted octanol–water partition coefficient (Wildman–Crippen LogP) is 1.97. The van der Waals surface area contributed by atoms with Crippen LogP contribution in [0, 0.1) is 13.8 Å². The van der Waals surface area contributed by atoms with E-state index in [1.54, 1.807) is 13.0 Å². The molecular weight excluding hydrogens is 326 g/mol. The third kappa shape index (κ3) is 2.99. The Bertz CT molecular complexity index is 947. The van der Waals surface area contributed by atoms with Crippen molar-refractivity contribution in [1.29, 1.82) is 0 Å². The van der Waals surface area contributed by atoms with E-state index >= 15 is 0 Å². The number of nitrogen functional groups attached to an aromatic ring is 1. The van der Waals surface area contributed by atoms with Crippen molar-refractivity contribution in [2.75, 3.05) is 5.73 Å². The molecule has 118 valence electrons. The van der Waals surface area contributed by atoms with Gasteiger partial charge in [-0.15, -0.1) is 0 Å². The number of nitrogens with two attached hydrogens (primary N) is 1. The highest BCUT2D eigenvalue weighted by molar-refractivity contribution is 7.91. The van der Waals surface area contributed by atoms with Gasteiger partial charge in [-0.1, -0.05) is 12.1 Å². The third-order valence-electron chi connectivity index (χ3n) is 3.20. The molecule has 0 amide bonds. The lowest BCUT2D eigenvalue weighted by atomic mass is 10.2. The Balaban J connectivity index is 2.70. The molecule has 0 bridgehead atoms. The van der Waals surface area contributed by atoms with Gasteiger partial charge in [-0.2, -0.15) is 8.42 Å². The molecule has 0 aliphatic rings. The Morgan fingerprint density at radius 1 is 0.909 bits per heavy atom. The maximum Gasteiger partial charge on any atom is 0.294 e. The normalized spacial score (nSPS) is 12.3. The van der Waals surface area contributed by atoms with E-state index in [0.29, 0.717) is 0 Å². The molecule has 0 unspecified atom stereocenters. The van der Waals surface area contributed by atoms with Gasteiger partial charge in [-0.25, -0.2) is 8.42 Å². The molecule has 0 aliphatic carbocycles. The molecule has 0 aliphatic heterocycles. The average molecular weight is 341 g/mol. The number of hydrogen-bond donors (Lipinski definition) is 2. The Morgan fingerprint density at radius 2 is 1.55 bits per heavy atom. The standard InChI is InChI=1S/C14H15NO5S2/c1-9-3-6-13(12(15)7-9)21(16,17)11-5-4-10(2)14(8-11)22(18,19)20/h3-8H,15H2,1-2H3,(H,18,19,20). The summed E-state index contributed by atoms with van der Waals surface area (Å²) in [7, 11) is -8.50. The minimum Gasteiger partial charge on any atom is -0.398 e. The van der Waals surface area contributed by atoms with Crippen LogP contribution < -0.4 is 5.73 Å². The van der Waals surface area contributed by atoms with Crippen molar-refractivity contribution in [2.24, 2.45) is 0 Å². The van der Waals surface area contributed by atoms with Gasteiger partial charge in [0, 0.05) is 0 Å². The largest absolute Gasteiger partial charge is 0.398 e. The van der Waals surface area contributed by atoms with Crippen LogP contribution in [0.3, 0.4) is 0 Å². The summed E-state index contributed by atoms with van der Waals surface area (Å²) in [4.78, 5) is -0.802. The van der Waals surface area contributed by atoms with Crippen molar-refractivity contribution in [3.8, 4) is 0 Å². The molecular formula is C14H15NO5S2. The Morgan fingerprint density at radius 3 is 2.09 bits per heavy atom. The monoisotopic (exact) mass is 341 g/mol. The van der Waals surface area contributed by atoms with E-state index in [1.807, 2.05) is 0 Å². The summed E-state index contributed by atoms with van der Waals surface area (Å²) < 4.78 is 57.0. The highest BCUT2D eigenvalue weighted by Gasteiger charge is 2.23. The summed E-state index contributed by atoms with van der Waals surface area (Å²) in [6.45, 7) is 3.23. The molecule has 0 saturated heterocycles. The molecule has 0 saturated carbocycles. The first-order valence-corrected chi connectivity index (χ1v) is 9.15. The lowest BCUT2D eigenvalue weighted by molar-refractivity contribution is 0.482. The lowest BCUT2D eigenvalue weighted by Crippen LogP contribution is -2.08. The van der Waals surface area contributed by atoms with Crippen LogP contribution in [-0.2, 0) is 20.0 Å². The van der Waals surface area contributed by atoms with Crippen molar-refractivity contribution in [3.63, 3.8) is 0 Å².